The van der Waals surface area contributed by atoms with Crippen LogP contribution in [-0.4, -0.2) is 31.3 Å². The van der Waals surface area contributed by atoms with Crippen molar-refractivity contribution < 1.29 is 18.8 Å². The molecule has 3 rings (SSSR count). The van der Waals surface area contributed by atoms with Crippen LogP contribution >= 0.6 is 0 Å². The topological polar surface area (TPSA) is 147 Å². The van der Waals surface area contributed by atoms with Crippen LogP contribution < -0.4 is 21.5 Å². The molecule has 0 bridgehead atoms. The number of carbonyl (C=O) groups is 1. The molecule has 2 aromatic carbocycles. The van der Waals surface area contributed by atoms with Crippen molar-refractivity contribution >= 4 is 23.0 Å². The lowest BCUT2D eigenvalue weighted by atomic mass is 10.1. The second kappa shape index (κ2) is 10.6. The lowest BCUT2D eigenvalue weighted by Gasteiger charge is -2.18. The minimum absolute atomic E-state index is 0.0104. The SMILES string of the molecule is CCC[C@H](C)Oc1cc(-n2nc(CC)n(C)c2=O)c(F)cc1C(=O)Nc1c(C)cc(N)cc1[N+](=O)[O-]. The van der Waals surface area contributed by atoms with E-state index in [-0.39, 0.29) is 34.5 Å². The smallest absolute Gasteiger partial charge is 0.350 e. The molecule has 0 aliphatic rings. The van der Waals surface area contributed by atoms with Gasteiger partial charge >= 0.3 is 5.69 Å². The van der Waals surface area contributed by atoms with Crippen LogP contribution in [0.15, 0.2) is 29.1 Å². The fourth-order valence-corrected chi connectivity index (χ4v) is 3.89. The number of ether oxygens (including phenoxy) is 1. The van der Waals surface area contributed by atoms with Gasteiger partial charge in [-0.3, -0.25) is 19.5 Å². The Morgan fingerprint density at radius 2 is 2.00 bits per heavy atom. The molecular formula is C24H29FN6O5. The first kappa shape index (κ1) is 26.4. The molecule has 1 amide bonds. The summed E-state index contributed by atoms with van der Waals surface area (Å²) in [4.78, 5) is 36.8. The number of nitrogens with zero attached hydrogens (tertiary/aromatic N) is 4. The van der Waals surface area contributed by atoms with Crippen LogP contribution in [0.4, 0.5) is 21.5 Å². The molecule has 36 heavy (non-hydrogen) atoms. The van der Waals surface area contributed by atoms with E-state index >= 15 is 4.39 Å². The van der Waals surface area contributed by atoms with Gasteiger partial charge in [0.05, 0.1) is 16.6 Å². The lowest BCUT2D eigenvalue weighted by molar-refractivity contribution is -0.383. The number of nitrogens with one attached hydrogen (secondary N) is 1. The molecule has 0 aliphatic carbocycles. The summed E-state index contributed by atoms with van der Waals surface area (Å²) in [6, 6.07) is 4.79. The van der Waals surface area contributed by atoms with Crippen molar-refractivity contribution in [1.29, 1.82) is 0 Å². The molecule has 0 spiro atoms. The van der Waals surface area contributed by atoms with E-state index in [1.807, 2.05) is 13.8 Å². The highest BCUT2D eigenvalue weighted by molar-refractivity contribution is 6.08. The van der Waals surface area contributed by atoms with Gasteiger partial charge in [-0.05, 0) is 38.0 Å². The van der Waals surface area contributed by atoms with Crippen molar-refractivity contribution in [3.8, 4) is 11.4 Å². The molecule has 0 radical (unpaired) electrons. The van der Waals surface area contributed by atoms with Gasteiger partial charge in [-0.25, -0.2) is 9.18 Å². The molecule has 1 aromatic heterocycles. The summed E-state index contributed by atoms with van der Waals surface area (Å²) < 4.78 is 23.5. The molecule has 3 N–H and O–H groups in total. The summed E-state index contributed by atoms with van der Waals surface area (Å²) in [6.07, 6.45) is 1.57. The van der Waals surface area contributed by atoms with E-state index < -0.39 is 28.0 Å². The summed E-state index contributed by atoms with van der Waals surface area (Å²) >= 11 is 0. The Morgan fingerprint density at radius 3 is 2.58 bits per heavy atom. The Hall–Kier alpha value is -4.22. The van der Waals surface area contributed by atoms with E-state index in [1.165, 1.54) is 23.7 Å². The molecule has 12 heteroatoms. The molecule has 192 valence electrons. The Balaban J connectivity index is 2.13. The minimum Gasteiger partial charge on any atom is -0.490 e. The number of nitro benzene ring substituents is 1. The van der Waals surface area contributed by atoms with E-state index in [2.05, 4.69) is 10.4 Å². The van der Waals surface area contributed by atoms with E-state index in [9.17, 15) is 19.7 Å². The second-order valence-electron chi connectivity index (χ2n) is 8.48. The highest BCUT2D eigenvalue weighted by atomic mass is 19.1. The monoisotopic (exact) mass is 500 g/mol. The van der Waals surface area contributed by atoms with Gasteiger partial charge in [-0.1, -0.05) is 20.3 Å². The average molecular weight is 501 g/mol. The van der Waals surface area contributed by atoms with Crippen molar-refractivity contribution in [3.05, 3.63) is 67.6 Å². The molecule has 1 heterocycles. The molecular weight excluding hydrogens is 471 g/mol. The van der Waals surface area contributed by atoms with Gasteiger partial charge < -0.3 is 15.8 Å². The quantitative estimate of drug-likeness (QED) is 0.257. The first-order valence-corrected chi connectivity index (χ1v) is 11.5. The third-order valence-corrected chi connectivity index (χ3v) is 5.70. The van der Waals surface area contributed by atoms with Gasteiger partial charge in [0.25, 0.3) is 11.6 Å². The number of aryl methyl sites for hydroxylation is 2. The van der Waals surface area contributed by atoms with Crippen molar-refractivity contribution in [3.63, 3.8) is 0 Å². The predicted molar refractivity (Wildman–Crippen MR) is 133 cm³/mol. The molecule has 0 aliphatic heterocycles. The Labute approximate surface area is 206 Å². The number of hydrogen-bond acceptors (Lipinski definition) is 7. The fourth-order valence-electron chi connectivity index (χ4n) is 3.89. The highest BCUT2D eigenvalue weighted by Crippen LogP contribution is 2.33. The fraction of sp³-hybridized carbons (Fsp3) is 0.375. The maximum Gasteiger partial charge on any atom is 0.350 e. The van der Waals surface area contributed by atoms with Crippen LogP contribution in [0.5, 0.6) is 5.75 Å². The third kappa shape index (κ3) is 5.21. The van der Waals surface area contributed by atoms with Crippen molar-refractivity contribution in [1.82, 2.24) is 14.3 Å². The molecule has 11 nitrogen and oxygen atoms in total. The van der Waals surface area contributed by atoms with Crippen molar-refractivity contribution in [2.24, 2.45) is 7.05 Å². The van der Waals surface area contributed by atoms with Crippen LogP contribution in [0.3, 0.4) is 0 Å². The number of nitrogen functional groups attached to an aromatic ring is 1. The lowest BCUT2D eigenvalue weighted by Crippen LogP contribution is -2.24. The van der Waals surface area contributed by atoms with Gasteiger partial charge in [0.1, 0.15) is 28.8 Å². The van der Waals surface area contributed by atoms with Crippen molar-refractivity contribution in [2.75, 3.05) is 11.1 Å². The predicted octanol–water partition coefficient (Wildman–Crippen LogP) is 3.89. The zero-order valence-electron chi connectivity index (χ0n) is 20.8. The number of anilines is 2. The maximum atomic E-state index is 15.3. The molecule has 1 atom stereocenters. The molecule has 3 aromatic rings. The largest absolute Gasteiger partial charge is 0.490 e. The van der Waals surface area contributed by atoms with Gasteiger partial charge in [0.15, 0.2) is 0 Å². The van der Waals surface area contributed by atoms with E-state index in [0.717, 1.165) is 23.2 Å². The number of hydrogen-bond donors (Lipinski definition) is 2. The summed E-state index contributed by atoms with van der Waals surface area (Å²) in [6.45, 7) is 7.13. The first-order valence-electron chi connectivity index (χ1n) is 11.5. The molecule has 0 saturated carbocycles. The summed E-state index contributed by atoms with van der Waals surface area (Å²) in [7, 11) is 1.53. The average Bonchev–Trinajstić information content (AvgIpc) is 3.09. The van der Waals surface area contributed by atoms with Crippen molar-refractivity contribution in [2.45, 2.75) is 53.1 Å². The summed E-state index contributed by atoms with van der Waals surface area (Å²) in [5.74, 6) is -1.25. The van der Waals surface area contributed by atoms with Gasteiger partial charge in [-0.15, -0.1) is 5.10 Å². The van der Waals surface area contributed by atoms with Crippen LogP contribution in [0.25, 0.3) is 5.69 Å². The van der Waals surface area contributed by atoms with Crippen LogP contribution in [0.2, 0.25) is 0 Å². The van der Waals surface area contributed by atoms with E-state index in [4.69, 9.17) is 10.5 Å². The molecule has 0 saturated heterocycles. The van der Waals surface area contributed by atoms with Crippen LogP contribution in [-0.2, 0) is 13.5 Å². The standard InChI is InChI=1S/C24H29FN6O5/c1-6-8-14(4)36-20-12-18(30-24(33)29(5)21(7-2)28-30)17(25)11-16(20)23(32)27-22-13(3)9-15(26)10-19(22)31(34)35/h9-12,14H,6-8,26H2,1-5H3,(H,27,32)/t14-/m0/s1. The summed E-state index contributed by atoms with van der Waals surface area (Å²) in [5.41, 5.74) is 4.86. The Morgan fingerprint density at radius 1 is 1.31 bits per heavy atom. The second-order valence-corrected chi connectivity index (χ2v) is 8.48. The third-order valence-electron chi connectivity index (χ3n) is 5.70. The normalized spacial score (nSPS) is 11.8. The van der Waals surface area contributed by atoms with Crippen LogP contribution in [0.1, 0.15) is 55.4 Å². The number of nitro groups is 1. The first-order chi connectivity index (χ1) is 17.0. The minimum atomic E-state index is -0.887. The highest BCUT2D eigenvalue weighted by Gasteiger charge is 2.25. The van der Waals surface area contributed by atoms with Gasteiger partial charge in [0, 0.05) is 31.3 Å². The van der Waals surface area contributed by atoms with Gasteiger partial charge in [-0.2, -0.15) is 4.68 Å². The molecule has 0 unspecified atom stereocenters. The Kier molecular flexibility index (Phi) is 7.76. The number of nitrogens with two attached hydrogens (primary N) is 1. The number of benzene rings is 2. The number of aromatic nitrogens is 3. The number of carbonyl (C=O) groups excluding carboxylic acids is 1. The maximum absolute atomic E-state index is 15.3. The number of halogens is 1. The van der Waals surface area contributed by atoms with E-state index in [1.54, 1.807) is 13.8 Å². The number of rotatable bonds is 9. The van der Waals surface area contributed by atoms with Gasteiger partial charge in [0.2, 0.25) is 0 Å². The summed E-state index contributed by atoms with van der Waals surface area (Å²) in [5, 5.41) is 18.2. The zero-order chi connectivity index (χ0) is 26.7. The zero-order valence-corrected chi connectivity index (χ0v) is 20.8. The Bertz CT molecular complexity index is 1380. The van der Waals surface area contributed by atoms with E-state index in [0.29, 0.717) is 24.2 Å². The van der Waals surface area contributed by atoms with Crippen LogP contribution in [0, 0.1) is 22.9 Å². The number of amides is 1. The molecule has 0 fully saturated rings.